The summed E-state index contributed by atoms with van der Waals surface area (Å²) in [5.41, 5.74) is 6.14. The number of anilines is 1. The fourth-order valence-electron chi connectivity index (χ4n) is 1.75. The summed E-state index contributed by atoms with van der Waals surface area (Å²) in [7, 11) is 1.42. The summed E-state index contributed by atoms with van der Waals surface area (Å²) in [5.74, 6) is -1.02. The second-order valence-corrected chi connectivity index (χ2v) is 5.17. The molecule has 0 saturated heterocycles. The summed E-state index contributed by atoms with van der Waals surface area (Å²) >= 11 is 18.0. The second-order valence-electron chi connectivity index (χ2n) is 4.01. The van der Waals surface area contributed by atoms with Crippen LogP contribution >= 0.6 is 34.8 Å². The highest BCUT2D eigenvalue weighted by atomic mass is 35.5. The molecule has 0 saturated carbocycles. The Hall–Kier alpha value is -1.69. The van der Waals surface area contributed by atoms with Crippen molar-refractivity contribution in [2.24, 2.45) is 0 Å². The number of hydrogen-bond acceptors (Lipinski definition) is 4. The van der Waals surface area contributed by atoms with E-state index in [0.717, 1.165) is 0 Å². The maximum absolute atomic E-state index is 11.1. The lowest BCUT2D eigenvalue weighted by atomic mass is 10.1. The highest BCUT2D eigenvalue weighted by molar-refractivity contribution is 6.39. The molecule has 8 heteroatoms. The lowest BCUT2D eigenvalue weighted by Gasteiger charge is -2.12. The Kier molecular flexibility index (Phi) is 4.46. The molecule has 110 valence electrons. The molecule has 0 bridgehead atoms. The number of carboxylic acid groups (broad SMARTS) is 1. The van der Waals surface area contributed by atoms with Crippen molar-refractivity contribution >= 4 is 46.5 Å². The number of carbonyl (C=O) groups is 1. The summed E-state index contributed by atoms with van der Waals surface area (Å²) < 4.78 is 5.10. The predicted molar refractivity (Wildman–Crippen MR) is 82.6 cm³/mol. The van der Waals surface area contributed by atoms with Gasteiger partial charge < -0.3 is 15.6 Å². The van der Waals surface area contributed by atoms with E-state index in [1.54, 1.807) is 12.1 Å². The standard InChI is InChI=1S/C13H9Cl3N2O3/c1-21-12-6(14)3-2-5(9(12)15)8-4-7(17)10(16)11(18-8)13(19)20/h2-4H,1H3,(H2,17,18)(H,19,20). The quantitative estimate of drug-likeness (QED) is 0.876. The number of aromatic carboxylic acids is 1. The zero-order valence-corrected chi connectivity index (χ0v) is 12.9. The van der Waals surface area contributed by atoms with Crippen LogP contribution in [-0.2, 0) is 0 Å². The van der Waals surface area contributed by atoms with Gasteiger partial charge in [0.1, 0.15) is 0 Å². The number of hydrogen-bond donors (Lipinski definition) is 2. The van der Waals surface area contributed by atoms with Crippen molar-refractivity contribution in [1.82, 2.24) is 4.98 Å². The average molecular weight is 348 g/mol. The third kappa shape index (κ3) is 2.85. The van der Waals surface area contributed by atoms with Gasteiger partial charge in [-0.1, -0.05) is 34.8 Å². The zero-order valence-electron chi connectivity index (χ0n) is 10.7. The van der Waals surface area contributed by atoms with Gasteiger partial charge in [-0.3, -0.25) is 0 Å². The van der Waals surface area contributed by atoms with Gasteiger partial charge in [0.15, 0.2) is 11.4 Å². The lowest BCUT2D eigenvalue weighted by molar-refractivity contribution is 0.0691. The first-order chi connectivity index (χ1) is 9.86. The molecule has 0 aliphatic heterocycles. The number of nitrogens with two attached hydrogens (primary N) is 1. The van der Waals surface area contributed by atoms with Crippen molar-refractivity contribution < 1.29 is 14.6 Å². The molecule has 2 aromatic rings. The maximum Gasteiger partial charge on any atom is 0.356 e. The van der Waals surface area contributed by atoms with Gasteiger partial charge in [0, 0.05) is 5.56 Å². The van der Waals surface area contributed by atoms with Crippen LogP contribution in [0.2, 0.25) is 15.1 Å². The fraction of sp³-hybridized carbons (Fsp3) is 0.0769. The normalized spacial score (nSPS) is 10.5. The molecular weight excluding hydrogens is 339 g/mol. The van der Waals surface area contributed by atoms with Crippen LogP contribution in [0.4, 0.5) is 5.69 Å². The summed E-state index contributed by atoms with van der Waals surface area (Å²) in [6.07, 6.45) is 0. The molecule has 0 amide bonds. The van der Waals surface area contributed by atoms with E-state index in [-0.39, 0.29) is 32.9 Å². The van der Waals surface area contributed by atoms with Crippen molar-refractivity contribution in [2.75, 3.05) is 12.8 Å². The van der Waals surface area contributed by atoms with Crippen LogP contribution in [0.5, 0.6) is 5.75 Å². The molecule has 1 aromatic heterocycles. The topological polar surface area (TPSA) is 85.4 Å². The first-order valence-electron chi connectivity index (χ1n) is 5.58. The Morgan fingerprint density at radius 1 is 1.29 bits per heavy atom. The minimum atomic E-state index is -1.29. The number of nitrogen functional groups attached to an aromatic ring is 1. The Bertz CT molecular complexity index is 735. The Balaban J connectivity index is 2.71. The van der Waals surface area contributed by atoms with E-state index in [9.17, 15) is 4.79 Å². The minimum Gasteiger partial charge on any atom is -0.494 e. The monoisotopic (exact) mass is 346 g/mol. The van der Waals surface area contributed by atoms with E-state index in [4.69, 9.17) is 50.4 Å². The van der Waals surface area contributed by atoms with E-state index < -0.39 is 5.97 Å². The van der Waals surface area contributed by atoms with Crippen LogP contribution in [0.3, 0.4) is 0 Å². The predicted octanol–water partition coefficient (Wildman–Crippen LogP) is 4.00. The third-order valence-electron chi connectivity index (χ3n) is 2.72. The molecule has 5 nitrogen and oxygen atoms in total. The number of benzene rings is 1. The van der Waals surface area contributed by atoms with Gasteiger partial charge in [-0.2, -0.15) is 0 Å². The molecule has 0 aliphatic rings. The number of ether oxygens (including phenoxy) is 1. The molecule has 21 heavy (non-hydrogen) atoms. The largest absolute Gasteiger partial charge is 0.494 e. The molecule has 0 atom stereocenters. The van der Waals surface area contributed by atoms with Gasteiger partial charge in [-0.05, 0) is 18.2 Å². The van der Waals surface area contributed by atoms with Gasteiger partial charge >= 0.3 is 5.97 Å². The van der Waals surface area contributed by atoms with E-state index in [2.05, 4.69) is 4.98 Å². The number of aromatic nitrogens is 1. The molecular formula is C13H9Cl3N2O3. The lowest BCUT2D eigenvalue weighted by Crippen LogP contribution is -2.05. The number of halogens is 3. The average Bonchev–Trinajstić information content (AvgIpc) is 2.42. The first kappa shape index (κ1) is 15.7. The van der Waals surface area contributed by atoms with E-state index in [1.807, 2.05) is 0 Å². The van der Waals surface area contributed by atoms with Gasteiger partial charge in [0.05, 0.1) is 33.6 Å². The second kappa shape index (κ2) is 5.97. The molecule has 1 aromatic carbocycles. The van der Waals surface area contributed by atoms with Gasteiger partial charge in [0.25, 0.3) is 0 Å². The third-order valence-corrected chi connectivity index (χ3v) is 3.79. The molecule has 0 fully saturated rings. The summed E-state index contributed by atoms with van der Waals surface area (Å²) in [6.45, 7) is 0. The number of nitrogens with zero attached hydrogens (tertiary/aromatic N) is 1. The molecule has 0 spiro atoms. The molecule has 3 N–H and O–H groups in total. The van der Waals surface area contributed by atoms with E-state index in [0.29, 0.717) is 10.6 Å². The highest BCUT2D eigenvalue weighted by Gasteiger charge is 2.19. The number of rotatable bonds is 3. The van der Waals surface area contributed by atoms with Crippen LogP contribution in [0.1, 0.15) is 10.5 Å². The molecule has 0 unspecified atom stereocenters. The van der Waals surface area contributed by atoms with Crippen LogP contribution in [0, 0.1) is 0 Å². The van der Waals surface area contributed by atoms with E-state index in [1.165, 1.54) is 13.2 Å². The Labute approximate surface area is 135 Å². The minimum absolute atomic E-state index is 0.0871. The first-order valence-corrected chi connectivity index (χ1v) is 6.71. The van der Waals surface area contributed by atoms with Crippen molar-refractivity contribution in [3.05, 3.63) is 39.0 Å². The molecule has 0 aliphatic carbocycles. The van der Waals surface area contributed by atoms with Crippen LogP contribution in [0.15, 0.2) is 18.2 Å². The number of carboxylic acids is 1. The van der Waals surface area contributed by atoms with Crippen LogP contribution in [0.25, 0.3) is 11.3 Å². The van der Waals surface area contributed by atoms with Gasteiger partial charge in [-0.25, -0.2) is 9.78 Å². The van der Waals surface area contributed by atoms with Crippen LogP contribution < -0.4 is 10.5 Å². The molecule has 0 radical (unpaired) electrons. The number of methoxy groups -OCH3 is 1. The Morgan fingerprint density at radius 3 is 2.52 bits per heavy atom. The SMILES string of the molecule is COc1c(Cl)ccc(-c2cc(N)c(Cl)c(C(=O)O)n2)c1Cl. The number of pyridine rings is 1. The van der Waals surface area contributed by atoms with Gasteiger partial charge in [0.2, 0.25) is 0 Å². The summed E-state index contributed by atoms with van der Waals surface area (Å²) in [6, 6.07) is 4.59. The zero-order chi connectivity index (χ0) is 15.7. The van der Waals surface area contributed by atoms with Crippen molar-refractivity contribution in [2.45, 2.75) is 0 Å². The smallest absolute Gasteiger partial charge is 0.356 e. The van der Waals surface area contributed by atoms with Crippen molar-refractivity contribution in [3.63, 3.8) is 0 Å². The van der Waals surface area contributed by atoms with Crippen molar-refractivity contribution in [1.29, 1.82) is 0 Å². The highest BCUT2D eigenvalue weighted by Crippen LogP contribution is 2.40. The van der Waals surface area contributed by atoms with Crippen LogP contribution in [-0.4, -0.2) is 23.2 Å². The van der Waals surface area contributed by atoms with E-state index >= 15 is 0 Å². The molecule has 2 rings (SSSR count). The molecule has 1 heterocycles. The Morgan fingerprint density at radius 2 is 1.95 bits per heavy atom. The summed E-state index contributed by atoms with van der Waals surface area (Å²) in [5, 5.41) is 9.50. The summed E-state index contributed by atoms with van der Waals surface area (Å²) in [4.78, 5) is 15.1. The van der Waals surface area contributed by atoms with Gasteiger partial charge in [-0.15, -0.1) is 0 Å². The maximum atomic E-state index is 11.1. The fourth-order valence-corrected chi connectivity index (χ4v) is 2.55. The van der Waals surface area contributed by atoms with Crippen molar-refractivity contribution in [3.8, 4) is 17.0 Å².